The van der Waals surface area contributed by atoms with Gasteiger partial charge in [-0.15, -0.1) is 0 Å². The molecule has 0 saturated heterocycles. The van der Waals surface area contributed by atoms with Crippen LogP contribution in [0, 0.1) is 0 Å². The van der Waals surface area contributed by atoms with Crippen molar-refractivity contribution in [1.29, 1.82) is 0 Å². The summed E-state index contributed by atoms with van der Waals surface area (Å²) in [5.41, 5.74) is -0.687. The van der Waals surface area contributed by atoms with Crippen LogP contribution >= 0.6 is 11.6 Å². The topological polar surface area (TPSA) is 53.9 Å². The van der Waals surface area contributed by atoms with Gasteiger partial charge in [0, 0.05) is 13.0 Å². The van der Waals surface area contributed by atoms with Gasteiger partial charge in [0.2, 0.25) is 5.91 Å². The van der Waals surface area contributed by atoms with Gasteiger partial charge in [-0.3, -0.25) is 4.79 Å². The maximum atomic E-state index is 12.9. The van der Waals surface area contributed by atoms with Crippen LogP contribution in [0.1, 0.15) is 13.3 Å². The molecule has 1 amide bonds. The predicted molar refractivity (Wildman–Crippen MR) is 80.5 cm³/mol. The quantitative estimate of drug-likeness (QED) is 0.889. The lowest BCUT2D eigenvalue weighted by molar-refractivity contribution is -0.127. The van der Waals surface area contributed by atoms with Crippen LogP contribution in [-0.2, 0) is 9.53 Å². The number of benzene rings is 1. The zero-order chi connectivity index (χ0) is 17.0. The summed E-state index contributed by atoms with van der Waals surface area (Å²) in [7, 11) is 0. The molecule has 1 unspecified atom stereocenters. The molecule has 0 aromatic heterocycles. The van der Waals surface area contributed by atoms with E-state index in [1.807, 2.05) is 0 Å². The predicted octanol–water partition coefficient (Wildman–Crippen LogP) is 2.95. The van der Waals surface area contributed by atoms with Crippen molar-refractivity contribution in [2.24, 2.45) is 5.10 Å². The third-order valence-corrected chi connectivity index (χ3v) is 3.40. The summed E-state index contributed by atoms with van der Waals surface area (Å²) in [6.45, 7) is 1.78. The fourth-order valence-electron chi connectivity index (χ4n) is 2.06. The van der Waals surface area contributed by atoms with Crippen LogP contribution in [0.3, 0.4) is 0 Å². The summed E-state index contributed by atoms with van der Waals surface area (Å²) in [5.74, 6) is -0.410. The van der Waals surface area contributed by atoms with Crippen molar-refractivity contribution < 1.29 is 22.7 Å². The van der Waals surface area contributed by atoms with Crippen molar-refractivity contribution in [3.63, 3.8) is 0 Å². The van der Waals surface area contributed by atoms with E-state index in [1.165, 1.54) is 6.07 Å². The molecule has 0 saturated carbocycles. The number of hydrazone groups is 1. The Morgan fingerprint density at radius 2 is 2.17 bits per heavy atom. The molecule has 0 radical (unpaired) electrons. The average molecular weight is 350 g/mol. The van der Waals surface area contributed by atoms with Crippen LogP contribution in [0.25, 0.3) is 0 Å². The largest absolute Gasteiger partial charge is 0.431 e. The Kier molecular flexibility index (Phi) is 5.48. The van der Waals surface area contributed by atoms with E-state index in [2.05, 4.69) is 10.4 Å². The molecule has 1 heterocycles. The zero-order valence-electron chi connectivity index (χ0n) is 12.2. The van der Waals surface area contributed by atoms with Gasteiger partial charge in [-0.1, -0.05) is 23.7 Å². The highest BCUT2D eigenvalue weighted by Crippen LogP contribution is 2.35. The molecule has 2 rings (SSSR count). The van der Waals surface area contributed by atoms with Gasteiger partial charge in [-0.25, -0.2) is 5.01 Å². The fraction of sp³-hybridized carbons (Fsp3) is 0.429. The minimum atomic E-state index is -4.57. The van der Waals surface area contributed by atoms with E-state index in [1.54, 1.807) is 25.1 Å². The molecule has 1 N–H and O–H groups in total. The smallest absolute Gasteiger partial charge is 0.354 e. The molecular formula is C14H15ClF3N3O2. The molecule has 9 heteroatoms. The monoisotopic (exact) mass is 349 g/mol. The van der Waals surface area contributed by atoms with Gasteiger partial charge in [-0.05, 0) is 19.1 Å². The maximum absolute atomic E-state index is 12.9. The number of halogens is 4. The Hall–Kier alpha value is -1.80. The first-order valence-electron chi connectivity index (χ1n) is 6.89. The van der Waals surface area contributed by atoms with Crippen molar-refractivity contribution >= 4 is 28.9 Å². The number of para-hydroxylation sites is 1. The summed E-state index contributed by atoms with van der Waals surface area (Å²) in [6.07, 6.45) is -6.09. The molecule has 0 fully saturated rings. The number of nitrogens with one attached hydrogen (secondary N) is 1. The van der Waals surface area contributed by atoms with Gasteiger partial charge < -0.3 is 10.1 Å². The van der Waals surface area contributed by atoms with Crippen LogP contribution < -0.4 is 10.3 Å². The van der Waals surface area contributed by atoms with Crippen LogP contribution in [0.4, 0.5) is 18.9 Å². The van der Waals surface area contributed by atoms with Crippen LogP contribution in [-0.4, -0.2) is 37.2 Å². The molecule has 0 aliphatic carbocycles. The van der Waals surface area contributed by atoms with E-state index >= 15 is 0 Å². The van der Waals surface area contributed by atoms with Gasteiger partial charge in [0.05, 0.1) is 10.7 Å². The lowest BCUT2D eigenvalue weighted by Crippen LogP contribution is -2.35. The van der Waals surface area contributed by atoms with Crippen molar-refractivity contribution in [1.82, 2.24) is 5.32 Å². The zero-order valence-corrected chi connectivity index (χ0v) is 13.0. The molecule has 1 aromatic carbocycles. The Morgan fingerprint density at radius 3 is 2.78 bits per heavy atom. The average Bonchev–Trinajstić information content (AvgIpc) is 2.90. The molecular weight excluding hydrogens is 335 g/mol. The number of alkyl halides is 3. The summed E-state index contributed by atoms with van der Waals surface area (Å²) < 4.78 is 44.1. The third kappa shape index (κ3) is 4.35. The summed E-state index contributed by atoms with van der Waals surface area (Å²) >= 11 is 6.02. The summed E-state index contributed by atoms with van der Waals surface area (Å²) in [5, 5.41) is 7.39. The second-order valence-electron chi connectivity index (χ2n) is 4.76. The maximum Gasteiger partial charge on any atom is 0.431 e. The van der Waals surface area contributed by atoms with E-state index in [0.29, 0.717) is 6.54 Å². The lowest BCUT2D eigenvalue weighted by Gasteiger charge is -2.24. The van der Waals surface area contributed by atoms with Gasteiger partial charge in [0.25, 0.3) is 0 Å². The minimum Gasteiger partial charge on any atom is -0.354 e. The van der Waals surface area contributed by atoms with E-state index in [0.717, 1.165) is 5.01 Å². The van der Waals surface area contributed by atoms with Crippen LogP contribution in [0.15, 0.2) is 29.4 Å². The van der Waals surface area contributed by atoms with Crippen molar-refractivity contribution in [2.75, 3.05) is 18.2 Å². The number of hydrogen-bond acceptors (Lipinski definition) is 4. The Bertz CT molecular complexity index is 607. The number of ether oxygens (including phenoxy) is 1. The number of carbonyl (C=O) groups is 1. The number of amides is 1. The normalized spacial score (nSPS) is 18.0. The van der Waals surface area contributed by atoms with Gasteiger partial charge >= 0.3 is 6.18 Å². The number of hydrogen-bond donors (Lipinski definition) is 1. The molecule has 0 bridgehead atoms. The summed E-state index contributed by atoms with van der Waals surface area (Å²) in [6, 6.07) is 6.36. The first-order valence-corrected chi connectivity index (χ1v) is 7.27. The van der Waals surface area contributed by atoms with Crippen LogP contribution in [0.2, 0.25) is 5.02 Å². The first-order chi connectivity index (χ1) is 10.8. The fourth-order valence-corrected chi connectivity index (χ4v) is 2.28. The first kappa shape index (κ1) is 17.6. The number of nitrogens with zero attached hydrogens (tertiary/aromatic N) is 2. The number of rotatable bonds is 5. The van der Waals surface area contributed by atoms with E-state index < -0.39 is 30.4 Å². The highest BCUT2D eigenvalue weighted by Gasteiger charge is 2.44. The number of carbonyl (C=O) groups excluding carboxylic acids is 1. The SMILES string of the molecule is CCNC(=O)COC1CC(C(F)(F)F)=NN1c1ccccc1Cl. The molecule has 5 nitrogen and oxygen atoms in total. The number of likely N-dealkylation sites (N-methyl/N-ethyl adjacent to an activating group) is 1. The molecule has 1 aliphatic heterocycles. The van der Waals surface area contributed by atoms with Crippen molar-refractivity contribution in [3.8, 4) is 0 Å². The van der Waals surface area contributed by atoms with Gasteiger partial charge in [0.1, 0.15) is 12.3 Å². The van der Waals surface area contributed by atoms with Crippen molar-refractivity contribution in [3.05, 3.63) is 29.3 Å². The van der Waals surface area contributed by atoms with Gasteiger partial charge in [0.15, 0.2) is 6.23 Å². The Balaban J connectivity index is 2.20. The molecule has 0 spiro atoms. The second kappa shape index (κ2) is 7.18. The number of anilines is 1. The highest BCUT2D eigenvalue weighted by molar-refractivity contribution is 6.33. The highest BCUT2D eigenvalue weighted by atomic mass is 35.5. The molecule has 1 atom stereocenters. The van der Waals surface area contributed by atoms with Gasteiger partial charge in [-0.2, -0.15) is 18.3 Å². The minimum absolute atomic E-state index is 0.242. The molecule has 126 valence electrons. The molecule has 23 heavy (non-hydrogen) atoms. The van der Waals surface area contributed by atoms with E-state index in [9.17, 15) is 18.0 Å². The molecule has 1 aromatic rings. The third-order valence-electron chi connectivity index (χ3n) is 3.08. The summed E-state index contributed by atoms with van der Waals surface area (Å²) in [4.78, 5) is 11.4. The van der Waals surface area contributed by atoms with Crippen LogP contribution in [0.5, 0.6) is 0 Å². The Labute approximate surface area is 136 Å². The van der Waals surface area contributed by atoms with E-state index in [4.69, 9.17) is 16.3 Å². The standard InChI is InChI=1S/C14H15ClF3N3O2/c1-2-19-12(22)8-23-13-7-11(14(16,17)18)20-21(13)10-6-4-3-5-9(10)15/h3-6,13H,2,7-8H2,1H3,(H,19,22). The van der Waals surface area contributed by atoms with E-state index in [-0.39, 0.29) is 17.3 Å². The molecule has 1 aliphatic rings. The Morgan fingerprint density at radius 1 is 1.48 bits per heavy atom. The lowest BCUT2D eigenvalue weighted by atomic mass is 10.2. The van der Waals surface area contributed by atoms with Crippen molar-refractivity contribution in [2.45, 2.75) is 25.7 Å². The second-order valence-corrected chi connectivity index (χ2v) is 5.17.